The molecule has 1 atom stereocenters. The van der Waals surface area contributed by atoms with Gasteiger partial charge in [0.05, 0.1) is 14.2 Å². The molecule has 7 nitrogen and oxygen atoms in total. The number of nitrogens with two attached hydrogens (primary N) is 1. The summed E-state index contributed by atoms with van der Waals surface area (Å²) < 4.78 is 10.6. The minimum absolute atomic E-state index is 0.228. The fourth-order valence-corrected chi connectivity index (χ4v) is 3.40. The highest BCUT2D eigenvalue weighted by molar-refractivity contribution is 5.80. The molecule has 1 heterocycles. The Balaban J connectivity index is 1.88. The van der Waals surface area contributed by atoms with Crippen molar-refractivity contribution in [3.63, 3.8) is 0 Å². The van der Waals surface area contributed by atoms with E-state index in [1.54, 1.807) is 21.3 Å². The first-order valence-electron chi connectivity index (χ1n) is 9.02. The number of benzene rings is 1. The number of likely N-dealkylation sites (tertiary alicyclic amines) is 1. The number of nitrogens with one attached hydrogen (secondary N) is 1. The molecule has 1 fully saturated rings. The summed E-state index contributed by atoms with van der Waals surface area (Å²) in [5.41, 5.74) is 6.51. The molecule has 1 aromatic rings. The number of guanidine groups is 1. The maximum absolute atomic E-state index is 11.2. The van der Waals surface area contributed by atoms with Crippen LogP contribution in [-0.4, -0.2) is 57.7 Å². The van der Waals surface area contributed by atoms with E-state index in [1.165, 1.54) is 0 Å². The third-order valence-corrected chi connectivity index (χ3v) is 4.66. The van der Waals surface area contributed by atoms with Crippen LogP contribution in [0.4, 0.5) is 0 Å². The average molecular weight is 362 g/mol. The number of hydrogen-bond donors (Lipinski definition) is 2. The molecule has 1 saturated heterocycles. The SMILES string of the molecule is CN=C(NCCc1ccc(OC)c(OC)c1)N1CCCC(CC(N)=O)C1. The number of ether oxygens (including phenoxy) is 2. The molecule has 0 aromatic heterocycles. The second-order valence-corrected chi connectivity index (χ2v) is 6.54. The van der Waals surface area contributed by atoms with Gasteiger partial charge >= 0.3 is 0 Å². The predicted octanol–water partition coefficient (Wildman–Crippen LogP) is 1.41. The fraction of sp³-hybridized carbons (Fsp3) is 0.579. The van der Waals surface area contributed by atoms with E-state index in [9.17, 15) is 4.79 Å². The molecule has 7 heteroatoms. The minimum Gasteiger partial charge on any atom is -0.493 e. The normalized spacial score (nSPS) is 17.7. The maximum atomic E-state index is 11.2. The maximum Gasteiger partial charge on any atom is 0.217 e. The van der Waals surface area contributed by atoms with Gasteiger partial charge in [-0.05, 0) is 42.9 Å². The molecule has 1 unspecified atom stereocenters. The van der Waals surface area contributed by atoms with E-state index >= 15 is 0 Å². The van der Waals surface area contributed by atoms with Gasteiger partial charge in [0, 0.05) is 33.1 Å². The summed E-state index contributed by atoms with van der Waals surface area (Å²) in [5, 5.41) is 3.42. The van der Waals surface area contributed by atoms with Gasteiger partial charge < -0.3 is 25.4 Å². The van der Waals surface area contributed by atoms with E-state index in [0.717, 1.165) is 61.9 Å². The first-order valence-corrected chi connectivity index (χ1v) is 9.02. The van der Waals surface area contributed by atoms with Crippen LogP contribution in [0.1, 0.15) is 24.8 Å². The fourth-order valence-electron chi connectivity index (χ4n) is 3.40. The van der Waals surface area contributed by atoms with Crippen LogP contribution in [0.5, 0.6) is 11.5 Å². The summed E-state index contributed by atoms with van der Waals surface area (Å²) in [6.07, 6.45) is 3.38. The number of rotatable bonds is 7. The molecule has 1 aliphatic rings. The highest BCUT2D eigenvalue weighted by atomic mass is 16.5. The van der Waals surface area contributed by atoms with Gasteiger partial charge in [0.2, 0.25) is 5.91 Å². The molecule has 26 heavy (non-hydrogen) atoms. The van der Waals surface area contributed by atoms with Crippen LogP contribution in [-0.2, 0) is 11.2 Å². The zero-order valence-corrected chi connectivity index (χ0v) is 16.0. The lowest BCUT2D eigenvalue weighted by atomic mass is 9.95. The summed E-state index contributed by atoms with van der Waals surface area (Å²) in [6, 6.07) is 5.95. The molecule has 0 bridgehead atoms. The molecule has 1 aromatic carbocycles. The van der Waals surface area contributed by atoms with Crippen LogP contribution >= 0.6 is 0 Å². The molecule has 2 rings (SSSR count). The van der Waals surface area contributed by atoms with Crippen molar-refractivity contribution in [2.75, 3.05) is 40.9 Å². The zero-order valence-electron chi connectivity index (χ0n) is 16.0. The first-order chi connectivity index (χ1) is 12.6. The van der Waals surface area contributed by atoms with Gasteiger partial charge in [0.25, 0.3) is 0 Å². The Hall–Kier alpha value is -2.44. The monoisotopic (exact) mass is 362 g/mol. The van der Waals surface area contributed by atoms with Gasteiger partial charge in [0.15, 0.2) is 17.5 Å². The lowest BCUT2D eigenvalue weighted by Crippen LogP contribution is -2.47. The summed E-state index contributed by atoms with van der Waals surface area (Å²) in [6.45, 7) is 2.53. The van der Waals surface area contributed by atoms with Crippen LogP contribution in [0, 0.1) is 5.92 Å². The minimum atomic E-state index is -0.228. The standard InChI is InChI=1S/C19H30N4O3/c1-21-19(23-10-4-5-15(13-23)12-18(20)24)22-9-8-14-6-7-16(25-2)17(11-14)26-3/h6-7,11,15H,4-5,8-10,12-13H2,1-3H3,(H2,20,24)(H,21,22). The Kier molecular flexibility index (Phi) is 7.56. The lowest BCUT2D eigenvalue weighted by molar-refractivity contribution is -0.119. The molecular weight excluding hydrogens is 332 g/mol. The predicted molar refractivity (Wildman–Crippen MR) is 103 cm³/mol. The molecule has 0 radical (unpaired) electrons. The van der Waals surface area contributed by atoms with Gasteiger partial charge in [0.1, 0.15) is 0 Å². The van der Waals surface area contributed by atoms with Crippen molar-refractivity contribution in [3.8, 4) is 11.5 Å². The smallest absolute Gasteiger partial charge is 0.217 e. The van der Waals surface area contributed by atoms with Gasteiger partial charge in [-0.1, -0.05) is 6.07 Å². The third kappa shape index (κ3) is 5.54. The van der Waals surface area contributed by atoms with E-state index in [4.69, 9.17) is 15.2 Å². The molecular formula is C19H30N4O3. The van der Waals surface area contributed by atoms with Crippen molar-refractivity contribution < 1.29 is 14.3 Å². The summed E-state index contributed by atoms with van der Waals surface area (Å²) in [4.78, 5) is 17.8. The number of carbonyl (C=O) groups is 1. The summed E-state index contributed by atoms with van der Waals surface area (Å²) in [5.74, 6) is 2.42. The Morgan fingerprint density at radius 1 is 1.35 bits per heavy atom. The van der Waals surface area contributed by atoms with Crippen molar-refractivity contribution in [1.82, 2.24) is 10.2 Å². The van der Waals surface area contributed by atoms with Crippen LogP contribution < -0.4 is 20.5 Å². The van der Waals surface area contributed by atoms with Gasteiger partial charge in [-0.15, -0.1) is 0 Å². The van der Waals surface area contributed by atoms with Gasteiger partial charge in [-0.3, -0.25) is 9.79 Å². The number of aliphatic imine (C=N–C) groups is 1. The van der Waals surface area contributed by atoms with Crippen molar-refractivity contribution >= 4 is 11.9 Å². The highest BCUT2D eigenvalue weighted by Gasteiger charge is 2.23. The second kappa shape index (κ2) is 9.89. The molecule has 3 N–H and O–H groups in total. The van der Waals surface area contributed by atoms with E-state index in [1.807, 2.05) is 18.2 Å². The van der Waals surface area contributed by atoms with Gasteiger partial charge in [-0.25, -0.2) is 0 Å². The average Bonchev–Trinajstić information content (AvgIpc) is 2.64. The van der Waals surface area contributed by atoms with Crippen molar-refractivity contribution in [3.05, 3.63) is 23.8 Å². The zero-order chi connectivity index (χ0) is 18.9. The van der Waals surface area contributed by atoms with E-state index < -0.39 is 0 Å². The third-order valence-electron chi connectivity index (χ3n) is 4.66. The number of hydrogen-bond acceptors (Lipinski definition) is 4. The van der Waals surface area contributed by atoms with Crippen molar-refractivity contribution in [1.29, 1.82) is 0 Å². The summed E-state index contributed by atoms with van der Waals surface area (Å²) >= 11 is 0. The summed E-state index contributed by atoms with van der Waals surface area (Å²) in [7, 11) is 5.06. The van der Waals surface area contributed by atoms with Crippen molar-refractivity contribution in [2.24, 2.45) is 16.6 Å². The molecule has 0 aliphatic carbocycles. The Morgan fingerprint density at radius 2 is 2.12 bits per heavy atom. The number of amides is 1. The number of primary amides is 1. The molecule has 1 amide bonds. The second-order valence-electron chi connectivity index (χ2n) is 6.54. The largest absolute Gasteiger partial charge is 0.493 e. The number of carbonyl (C=O) groups excluding carboxylic acids is 1. The number of piperidine rings is 1. The Labute approximate surface area is 155 Å². The number of methoxy groups -OCH3 is 2. The highest BCUT2D eigenvalue weighted by Crippen LogP contribution is 2.27. The molecule has 0 saturated carbocycles. The lowest BCUT2D eigenvalue weighted by Gasteiger charge is -2.34. The Bertz CT molecular complexity index is 633. The van der Waals surface area contributed by atoms with E-state index in [2.05, 4.69) is 15.2 Å². The quantitative estimate of drug-likeness (QED) is 0.565. The molecule has 0 spiro atoms. The molecule has 144 valence electrons. The van der Waals surface area contributed by atoms with Crippen LogP contribution in [0.2, 0.25) is 0 Å². The first kappa shape index (κ1) is 19.9. The van der Waals surface area contributed by atoms with E-state index in [-0.39, 0.29) is 5.91 Å². The van der Waals surface area contributed by atoms with Gasteiger partial charge in [-0.2, -0.15) is 0 Å². The molecule has 1 aliphatic heterocycles. The van der Waals surface area contributed by atoms with Crippen molar-refractivity contribution in [2.45, 2.75) is 25.7 Å². The van der Waals surface area contributed by atoms with Crippen LogP contribution in [0.25, 0.3) is 0 Å². The number of nitrogens with zero attached hydrogens (tertiary/aromatic N) is 2. The Morgan fingerprint density at radius 3 is 2.77 bits per heavy atom. The van der Waals surface area contributed by atoms with E-state index in [0.29, 0.717) is 12.3 Å². The topological polar surface area (TPSA) is 89.2 Å². The van der Waals surface area contributed by atoms with Crippen LogP contribution in [0.3, 0.4) is 0 Å². The van der Waals surface area contributed by atoms with Crippen LogP contribution in [0.15, 0.2) is 23.2 Å².